The number of aliphatic carboxylic acids is 1. The van der Waals surface area contributed by atoms with Crippen LogP contribution in [0.3, 0.4) is 0 Å². The van der Waals surface area contributed by atoms with Crippen LogP contribution in [0.4, 0.5) is 0 Å². The number of sulfone groups is 1. The van der Waals surface area contributed by atoms with Gasteiger partial charge in [-0.3, -0.25) is 4.79 Å². The van der Waals surface area contributed by atoms with Crippen molar-refractivity contribution in [1.82, 2.24) is 0 Å². The van der Waals surface area contributed by atoms with E-state index in [2.05, 4.69) is 0 Å². The lowest BCUT2D eigenvalue weighted by molar-refractivity contribution is -0.138. The summed E-state index contributed by atoms with van der Waals surface area (Å²) in [6.45, 7) is 0. The molecule has 98 valence electrons. The molecule has 0 spiro atoms. The molecule has 18 heavy (non-hydrogen) atoms. The number of benzene rings is 1. The summed E-state index contributed by atoms with van der Waals surface area (Å²) in [4.78, 5) is 10.4. The Kier molecular flexibility index (Phi) is 5.06. The van der Waals surface area contributed by atoms with Gasteiger partial charge in [-0.25, -0.2) is 8.42 Å². The fourth-order valence-corrected chi connectivity index (χ4v) is 2.46. The highest BCUT2D eigenvalue weighted by molar-refractivity contribution is 7.93. The van der Waals surface area contributed by atoms with E-state index in [4.69, 9.17) is 10.8 Å². The number of carbonyl (C=O) groups is 1. The maximum absolute atomic E-state index is 11.7. The molecule has 0 aliphatic carbocycles. The Morgan fingerprint density at radius 2 is 1.94 bits per heavy atom. The third-order valence-corrected chi connectivity index (χ3v) is 3.56. The van der Waals surface area contributed by atoms with E-state index >= 15 is 0 Å². The Labute approximate surface area is 106 Å². The first kappa shape index (κ1) is 14.4. The van der Waals surface area contributed by atoms with Crippen molar-refractivity contribution in [1.29, 1.82) is 0 Å². The van der Waals surface area contributed by atoms with Gasteiger partial charge in [0, 0.05) is 5.41 Å². The van der Waals surface area contributed by atoms with Crippen molar-refractivity contribution >= 4 is 15.8 Å². The van der Waals surface area contributed by atoms with Gasteiger partial charge in [0.2, 0.25) is 0 Å². The van der Waals surface area contributed by atoms with Crippen molar-refractivity contribution in [2.45, 2.75) is 18.2 Å². The van der Waals surface area contributed by atoms with Crippen LogP contribution in [-0.4, -0.2) is 25.5 Å². The van der Waals surface area contributed by atoms with E-state index in [0.29, 0.717) is 5.56 Å². The first-order chi connectivity index (χ1) is 8.41. The predicted octanol–water partition coefficient (Wildman–Crippen LogP) is 0.917. The summed E-state index contributed by atoms with van der Waals surface area (Å²) in [7, 11) is -3.39. The predicted molar refractivity (Wildman–Crippen MR) is 68.4 cm³/mol. The summed E-state index contributed by atoms with van der Waals surface area (Å²) in [5.41, 5.74) is 5.94. The highest BCUT2D eigenvalue weighted by Crippen LogP contribution is 2.07. The molecule has 0 radical (unpaired) electrons. The van der Waals surface area contributed by atoms with Crippen LogP contribution in [0.5, 0.6) is 0 Å². The van der Waals surface area contributed by atoms with Gasteiger partial charge in [0.15, 0.2) is 9.84 Å². The molecule has 0 heterocycles. The Hall–Kier alpha value is -1.66. The standard InChI is InChI=1S/C12H15NO4S/c13-11(12(14)15)7-4-8-18(16,17)9-10-5-2-1-3-6-10/h1-6,8,11H,7,9,13H2,(H,14,15). The number of rotatable bonds is 6. The van der Waals surface area contributed by atoms with Crippen LogP contribution in [0.25, 0.3) is 0 Å². The van der Waals surface area contributed by atoms with Gasteiger partial charge in [-0.2, -0.15) is 0 Å². The van der Waals surface area contributed by atoms with Gasteiger partial charge in [0.1, 0.15) is 6.04 Å². The van der Waals surface area contributed by atoms with Crippen LogP contribution in [0.1, 0.15) is 12.0 Å². The molecule has 6 heteroatoms. The molecule has 5 nitrogen and oxygen atoms in total. The SMILES string of the molecule is NC(CC=CS(=O)(=O)Cc1ccccc1)C(=O)O. The topological polar surface area (TPSA) is 97.5 Å². The second-order valence-corrected chi connectivity index (χ2v) is 5.73. The summed E-state index contributed by atoms with van der Waals surface area (Å²) in [6.07, 6.45) is 1.26. The van der Waals surface area contributed by atoms with Crippen molar-refractivity contribution in [3.05, 3.63) is 47.4 Å². The van der Waals surface area contributed by atoms with Gasteiger partial charge in [-0.1, -0.05) is 36.4 Å². The van der Waals surface area contributed by atoms with Crippen LogP contribution in [0, 0.1) is 0 Å². The van der Waals surface area contributed by atoms with Crippen LogP contribution >= 0.6 is 0 Å². The second kappa shape index (κ2) is 6.32. The third-order valence-electron chi connectivity index (χ3n) is 2.22. The molecular formula is C12H15NO4S. The Morgan fingerprint density at radius 3 is 2.50 bits per heavy atom. The lowest BCUT2D eigenvalue weighted by Gasteiger charge is -2.02. The quantitative estimate of drug-likeness (QED) is 0.800. The third kappa shape index (κ3) is 5.11. The van der Waals surface area contributed by atoms with Gasteiger partial charge in [0.05, 0.1) is 5.75 Å². The van der Waals surface area contributed by atoms with Crippen molar-refractivity contribution in [3.63, 3.8) is 0 Å². The Bertz CT molecular complexity index is 522. The van der Waals surface area contributed by atoms with E-state index in [0.717, 1.165) is 5.41 Å². The largest absolute Gasteiger partial charge is 0.480 e. The summed E-state index contributed by atoms with van der Waals surface area (Å²) < 4.78 is 23.4. The molecule has 1 rings (SSSR count). The molecule has 0 amide bonds. The van der Waals surface area contributed by atoms with Crippen molar-refractivity contribution in [2.75, 3.05) is 0 Å². The molecular weight excluding hydrogens is 254 g/mol. The molecule has 0 aliphatic heterocycles. The Balaban J connectivity index is 2.60. The van der Waals surface area contributed by atoms with Gasteiger partial charge < -0.3 is 10.8 Å². The van der Waals surface area contributed by atoms with Crippen molar-refractivity contribution in [2.24, 2.45) is 5.73 Å². The molecule has 0 saturated heterocycles. The molecule has 1 aromatic carbocycles. The molecule has 0 aliphatic rings. The number of hydrogen-bond donors (Lipinski definition) is 2. The van der Waals surface area contributed by atoms with Crippen molar-refractivity contribution in [3.8, 4) is 0 Å². The molecule has 0 bridgehead atoms. The zero-order chi connectivity index (χ0) is 13.6. The lowest BCUT2D eigenvalue weighted by Crippen LogP contribution is -2.29. The van der Waals surface area contributed by atoms with Gasteiger partial charge in [-0.05, 0) is 12.0 Å². The smallest absolute Gasteiger partial charge is 0.320 e. The molecule has 0 fully saturated rings. The summed E-state index contributed by atoms with van der Waals surface area (Å²) in [5, 5.41) is 9.55. The minimum atomic E-state index is -3.39. The highest BCUT2D eigenvalue weighted by atomic mass is 32.2. The average Bonchev–Trinajstić information content (AvgIpc) is 2.29. The maximum Gasteiger partial charge on any atom is 0.320 e. The molecule has 0 aromatic heterocycles. The summed E-state index contributed by atoms with van der Waals surface area (Å²) in [6, 6.07) is 7.68. The zero-order valence-corrected chi connectivity index (χ0v) is 10.5. The molecule has 0 saturated carbocycles. The number of hydrogen-bond acceptors (Lipinski definition) is 4. The number of nitrogens with two attached hydrogens (primary N) is 1. The molecule has 1 atom stereocenters. The van der Waals surface area contributed by atoms with E-state index in [1.165, 1.54) is 6.08 Å². The van der Waals surface area contributed by atoms with Crippen LogP contribution in [-0.2, 0) is 20.4 Å². The lowest BCUT2D eigenvalue weighted by atomic mass is 10.2. The minimum Gasteiger partial charge on any atom is -0.480 e. The van der Waals surface area contributed by atoms with E-state index < -0.39 is 21.8 Å². The molecule has 3 N–H and O–H groups in total. The van der Waals surface area contributed by atoms with Gasteiger partial charge >= 0.3 is 5.97 Å². The first-order valence-electron chi connectivity index (χ1n) is 5.32. The van der Waals surface area contributed by atoms with E-state index in [-0.39, 0.29) is 12.2 Å². The zero-order valence-electron chi connectivity index (χ0n) is 9.69. The first-order valence-corrected chi connectivity index (χ1v) is 7.04. The van der Waals surface area contributed by atoms with Crippen LogP contribution < -0.4 is 5.73 Å². The summed E-state index contributed by atoms with van der Waals surface area (Å²) in [5.74, 6) is -1.26. The van der Waals surface area contributed by atoms with E-state index in [1.54, 1.807) is 30.3 Å². The summed E-state index contributed by atoms with van der Waals surface area (Å²) >= 11 is 0. The minimum absolute atomic E-state index is 0.0106. The van der Waals surface area contributed by atoms with Crippen LogP contribution in [0.2, 0.25) is 0 Å². The Morgan fingerprint density at radius 1 is 1.33 bits per heavy atom. The highest BCUT2D eigenvalue weighted by Gasteiger charge is 2.10. The monoisotopic (exact) mass is 269 g/mol. The van der Waals surface area contributed by atoms with Gasteiger partial charge in [-0.15, -0.1) is 0 Å². The molecule has 1 aromatic rings. The number of carboxylic acid groups (broad SMARTS) is 1. The van der Waals surface area contributed by atoms with Crippen molar-refractivity contribution < 1.29 is 18.3 Å². The molecule has 1 unspecified atom stereocenters. The number of carboxylic acids is 1. The normalized spacial score (nSPS) is 13.6. The van der Waals surface area contributed by atoms with Crippen LogP contribution in [0.15, 0.2) is 41.8 Å². The fraction of sp³-hybridized carbons (Fsp3) is 0.250. The maximum atomic E-state index is 11.7. The van der Waals surface area contributed by atoms with E-state index in [1.807, 2.05) is 0 Å². The average molecular weight is 269 g/mol. The van der Waals surface area contributed by atoms with Gasteiger partial charge in [0.25, 0.3) is 0 Å². The van der Waals surface area contributed by atoms with E-state index in [9.17, 15) is 13.2 Å². The second-order valence-electron chi connectivity index (χ2n) is 3.85. The fourth-order valence-electron chi connectivity index (χ4n) is 1.30.